The standard InChI is InChI=1S/C27H27F3N4O5S/c1-16(27(28,29)30)32-14-34(22-18-8-4-3-7-17(18)13-40-21-10-6-5-9-19(21)22)33-12-11-20(35)24(23(33)25(32)36)38-15-39-26(37)31-2/h3-12,16,20,22,35H,13-15H2,1-2H3,(H,31,37)/t16-,20?,22+/m1/s1. The molecule has 2 aromatic carbocycles. The number of alkyl halides is 3. The minimum Gasteiger partial charge on any atom is -0.456 e. The SMILES string of the molecule is CNC(=O)OCOC1=C2C(=O)N([C@H](C)C(F)(F)F)CN([C@H]3c4ccccc4CSc4ccccc43)N2C=CC1O. The van der Waals surface area contributed by atoms with Crippen molar-refractivity contribution >= 4 is 23.8 Å². The Morgan fingerprint density at radius 2 is 1.88 bits per heavy atom. The van der Waals surface area contributed by atoms with Gasteiger partial charge in [-0.2, -0.15) is 18.2 Å². The van der Waals surface area contributed by atoms with Gasteiger partial charge >= 0.3 is 12.3 Å². The lowest BCUT2D eigenvalue weighted by molar-refractivity contribution is -0.204. The average molecular weight is 577 g/mol. The maximum atomic E-state index is 14.0. The summed E-state index contributed by atoms with van der Waals surface area (Å²) >= 11 is 1.62. The number of hydrogen-bond acceptors (Lipinski definition) is 8. The molecular weight excluding hydrogens is 549 g/mol. The van der Waals surface area contributed by atoms with Gasteiger partial charge in [0.2, 0.25) is 6.79 Å². The van der Waals surface area contributed by atoms with Crippen molar-refractivity contribution in [2.75, 3.05) is 20.5 Å². The summed E-state index contributed by atoms with van der Waals surface area (Å²) in [5, 5.41) is 16.0. The van der Waals surface area contributed by atoms with Crippen molar-refractivity contribution in [3.05, 3.63) is 89.0 Å². The van der Waals surface area contributed by atoms with Gasteiger partial charge in [-0.05, 0) is 35.8 Å². The molecule has 0 spiro atoms. The average Bonchev–Trinajstić information content (AvgIpc) is 3.10. The van der Waals surface area contributed by atoms with Crippen molar-refractivity contribution in [1.29, 1.82) is 0 Å². The van der Waals surface area contributed by atoms with Crippen molar-refractivity contribution in [2.45, 2.75) is 41.9 Å². The van der Waals surface area contributed by atoms with Crippen LogP contribution in [-0.2, 0) is 20.0 Å². The molecule has 1 saturated heterocycles. The first-order valence-electron chi connectivity index (χ1n) is 12.4. The number of ether oxygens (including phenoxy) is 2. The number of amides is 2. The second-order valence-electron chi connectivity index (χ2n) is 9.29. The molecule has 0 aromatic heterocycles. The van der Waals surface area contributed by atoms with Crippen molar-refractivity contribution < 1.29 is 37.3 Å². The van der Waals surface area contributed by atoms with Crippen LogP contribution < -0.4 is 5.32 Å². The lowest BCUT2D eigenvalue weighted by Gasteiger charge is -2.50. The zero-order valence-corrected chi connectivity index (χ0v) is 22.4. The second kappa shape index (κ2) is 11.1. The Kier molecular flexibility index (Phi) is 7.71. The topological polar surface area (TPSA) is 94.6 Å². The monoisotopic (exact) mass is 576 g/mol. The number of fused-ring (bicyclic) bond motifs is 3. The Balaban J connectivity index is 1.67. The molecule has 1 fully saturated rings. The van der Waals surface area contributed by atoms with Gasteiger partial charge in [-0.3, -0.25) is 9.80 Å². The molecule has 13 heteroatoms. The molecule has 0 radical (unpaired) electrons. The molecule has 3 aliphatic heterocycles. The Bertz CT molecular complexity index is 1320. The van der Waals surface area contributed by atoms with Crippen LogP contribution in [0.3, 0.4) is 0 Å². The number of rotatable bonds is 5. The smallest absolute Gasteiger partial charge is 0.409 e. The molecule has 2 aromatic rings. The van der Waals surface area contributed by atoms with Crippen molar-refractivity contribution in [2.24, 2.45) is 0 Å². The minimum absolute atomic E-state index is 0.301. The molecule has 0 bridgehead atoms. The van der Waals surface area contributed by atoms with E-state index in [4.69, 9.17) is 9.47 Å². The Labute approximate surface area is 232 Å². The normalized spacial score (nSPS) is 21.7. The highest BCUT2D eigenvalue weighted by Gasteiger charge is 2.50. The maximum absolute atomic E-state index is 14.0. The molecule has 0 aliphatic carbocycles. The fraction of sp³-hybridized carbons (Fsp3) is 0.333. The third-order valence-corrected chi connectivity index (χ3v) is 8.11. The van der Waals surface area contributed by atoms with Crippen LogP contribution in [0.1, 0.15) is 29.7 Å². The summed E-state index contributed by atoms with van der Waals surface area (Å²) in [7, 11) is 1.34. The van der Waals surface area contributed by atoms with Gasteiger partial charge in [-0.25, -0.2) is 4.79 Å². The van der Waals surface area contributed by atoms with Crippen LogP contribution in [0.5, 0.6) is 0 Å². The van der Waals surface area contributed by atoms with Crippen molar-refractivity contribution in [1.82, 2.24) is 20.2 Å². The van der Waals surface area contributed by atoms with Gasteiger partial charge in [0.1, 0.15) is 12.1 Å². The predicted octanol–water partition coefficient (Wildman–Crippen LogP) is 4.08. The fourth-order valence-electron chi connectivity index (χ4n) is 4.89. The molecule has 40 heavy (non-hydrogen) atoms. The number of benzene rings is 2. The van der Waals surface area contributed by atoms with E-state index in [9.17, 15) is 27.9 Å². The first-order valence-corrected chi connectivity index (χ1v) is 13.4. The molecule has 3 heterocycles. The number of hydrogen-bond donors (Lipinski definition) is 2. The Morgan fingerprint density at radius 3 is 2.60 bits per heavy atom. The summed E-state index contributed by atoms with van der Waals surface area (Å²) in [5.74, 6) is -0.657. The summed E-state index contributed by atoms with van der Waals surface area (Å²) < 4.78 is 52.5. The molecule has 3 atom stereocenters. The molecule has 9 nitrogen and oxygen atoms in total. The number of aliphatic hydroxyl groups is 1. The quantitative estimate of drug-likeness (QED) is 0.515. The van der Waals surface area contributed by atoms with Crippen LogP contribution >= 0.6 is 11.8 Å². The van der Waals surface area contributed by atoms with Crippen molar-refractivity contribution in [3.63, 3.8) is 0 Å². The highest BCUT2D eigenvalue weighted by molar-refractivity contribution is 7.98. The number of nitrogens with zero attached hydrogens (tertiary/aromatic N) is 3. The highest BCUT2D eigenvalue weighted by Crippen LogP contribution is 2.45. The predicted molar refractivity (Wildman–Crippen MR) is 139 cm³/mol. The Morgan fingerprint density at radius 1 is 1.18 bits per heavy atom. The maximum Gasteiger partial charge on any atom is 0.409 e. The van der Waals surface area contributed by atoms with E-state index < -0.39 is 49.8 Å². The van der Waals surface area contributed by atoms with E-state index in [0.29, 0.717) is 10.7 Å². The summed E-state index contributed by atoms with van der Waals surface area (Å²) in [4.78, 5) is 26.9. The van der Waals surface area contributed by atoms with Gasteiger partial charge in [0, 0.05) is 23.9 Å². The van der Waals surface area contributed by atoms with Crippen LogP contribution in [0.2, 0.25) is 0 Å². The number of alkyl carbamates (subject to hydrolysis) is 1. The molecule has 212 valence electrons. The number of carbonyl (C=O) groups excluding carboxylic acids is 2. The lowest BCUT2D eigenvalue weighted by Crippen LogP contribution is -2.62. The van der Waals surface area contributed by atoms with Crippen LogP contribution in [0, 0.1) is 0 Å². The van der Waals surface area contributed by atoms with Gasteiger partial charge in [0.05, 0.1) is 12.7 Å². The van der Waals surface area contributed by atoms with Gasteiger partial charge in [-0.1, -0.05) is 42.5 Å². The molecule has 2 amide bonds. The zero-order valence-electron chi connectivity index (χ0n) is 21.6. The number of hydrazine groups is 1. The van der Waals surface area contributed by atoms with E-state index in [2.05, 4.69) is 5.32 Å². The third-order valence-electron chi connectivity index (χ3n) is 6.97. The van der Waals surface area contributed by atoms with Crippen LogP contribution in [-0.4, -0.2) is 70.9 Å². The van der Waals surface area contributed by atoms with Crippen LogP contribution in [0.25, 0.3) is 0 Å². The number of thioether (sulfide) groups is 1. The van der Waals surface area contributed by atoms with E-state index >= 15 is 0 Å². The van der Waals surface area contributed by atoms with Crippen LogP contribution in [0.15, 0.2) is 77.2 Å². The second-order valence-corrected chi connectivity index (χ2v) is 10.3. The molecule has 0 saturated carbocycles. The van der Waals surface area contributed by atoms with Gasteiger partial charge in [0.25, 0.3) is 5.91 Å². The minimum atomic E-state index is -4.72. The largest absolute Gasteiger partial charge is 0.456 e. The summed E-state index contributed by atoms with van der Waals surface area (Å²) in [6.07, 6.45) is -4.20. The van der Waals surface area contributed by atoms with Gasteiger partial charge in [0.15, 0.2) is 11.5 Å². The molecule has 1 unspecified atom stereocenters. The number of nitrogens with one attached hydrogen (secondary N) is 1. The zero-order chi connectivity index (χ0) is 28.6. The van der Waals surface area contributed by atoms with Gasteiger partial charge in [-0.15, -0.1) is 11.8 Å². The summed E-state index contributed by atoms with van der Waals surface area (Å²) in [6.45, 7) is -0.157. The van der Waals surface area contributed by atoms with E-state index in [1.165, 1.54) is 24.3 Å². The summed E-state index contributed by atoms with van der Waals surface area (Å²) in [6, 6.07) is 12.6. The summed E-state index contributed by atoms with van der Waals surface area (Å²) in [5.41, 5.74) is 2.43. The van der Waals surface area contributed by atoms with E-state index in [1.807, 2.05) is 48.5 Å². The van der Waals surface area contributed by atoms with Crippen molar-refractivity contribution in [3.8, 4) is 0 Å². The van der Waals surface area contributed by atoms with E-state index in [1.54, 1.807) is 16.8 Å². The molecular formula is C27H27F3N4O5S. The molecule has 2 N–H and O–H groups in total. The Hall–Kier alpha value is -3.68. The van der Waals surface area contributed by atoms with Gasteiger partial charge < -0.3 is 24.8 Å². The van der Waals surface area contributed by atoms with E-state index in [-0.39, 0.29) is 11.5 Å². The lowest BCUT2D eigenvalue weighted by atomic mass is 9.94. The van der Waals surface area contributed by atoms with Crippen LogP contribution in [0.4, 0.5) is 18.0 Å². The molecule has 5 rings (SSSR count). The highest BCUT2D eigenvalue weighted by atomic mass is 32.2. The van der Waals surface area contributed by atoms with E-state index in [0.717, 1.165) is 28.5 Å². The molecule has 3 aliphatic rings. The number of carbonyl (C=O) groups is 2. The number of halogens is 3. The number of aliphatic hydroxyl groups excluding tert-OH is 1. The first-order chi connectivity index (χ1) is 19.1. The fourth-order valence-corrected chi connectivity index (χ4v) is 5.98. The first kappa shape index (κ1) is 27.9. The third kappa shape index (κ3) is 5.11.